The lowest BCUT2D eigenvalue weighted by Gasteiger charge is -2.02. The van der Waals surface area contributed by atoms with Crippen LogP contribution in [0.4, 0.5) is 0 Å². The lowest BCUT2D eigenvalue weighted by molar-refractivity contribution is 0.0695. The summed E-state index contributed by atoms with van der Waals surface area (Å²) in [4.78, 5) is 11.3. The standard InChI is InChI=1S/C12H9BrClNO3/c1-2-9-10(12(16)17)11(15-18-9)7-4-3-6(13)5-8(7)14/h3-5H,2H2,1H3,(H,16,17). The van der Waals surface area contributed by atoms with E-state index in [9.17, 15) is 9.90 Å². The maximum Gasteiger partial charge on any atom is 0.341 e. The average Bonchev–Trinajstić information content (AvgIpc) is 2.72. The van der Waals surface area contributed by atoms with Crippen molar-refractivity contribution in [2.75, 3.05) is 0 Å². The summed E-state index contributed by atoms with van der Waals surface area (Å²) in [7, 11) is 0. The van der Waals surface area contributed by atoms with Gasteiger partial charge in [0.25, 0.3) is 0 Å². The van der Waals surface area contributed by atoms with Gasteiger partial charge < -0.3 is 9.63 Å². The average molecular weight is 331 g/mol. The van der Waals surface area contributed by atoms with Crippen molar-refractivity contribution < 1.29 is 14.4 Å². The molecular formula is C12H9BrClNO3. The summed E-state index contributed by atoms with van der Waals surface area (Å²) in [6.45, 7) is 1.81. The number of aryl methyl sites for hydroxylation is 1. The molecule has 0 amide bonds. The largest absolute Gasteiger partial charge is 0.477 e. The third-order valence-electron chi connectivity index (χ3n) is 2.48. The molecule has 0 saturated heterocycles. The van der Waals surface area contributed by atoms with Gasteiger partial charge in [-0.25, -0.2) is 4.79 Å². The van der Waals surface area contributed by atoms with Crippen molar-refractivity contribution >= 4 is 33.5 Å². The number of carboxylic acids is 1. The number of hydrogen-bond acceptors (Lipinski definition) is 3. The second kappa shape index (κ2) is 5.12. The Hall–Kier alpha value is -1.33. The van der Waals surface area contributed by atoms with E-state index in [0.29, 0.717) is 22.8 Å². The highest BCUT2D eigenvalue weighted by atomic mass is 79.9. The normalized spacial score (nSPS) is 10.6. The second-order valence-corrected chi connectivity index (χ2v) is 4.94. The molecule has 0 aliphatic carbocycles. The molecule has 0 aliphatic heterocycles. The van der Waals surface area contributed by atoms with Gasteiger partial charge in [-0.2, -0.15) is 0 Å². The predicted molar refractivity (Wildman–Crippen MR) is 71.0 cm³/mol. The molecule has 1 N–H and O–H groups in total. The monoisotopic (exact) mass is 329 g/mol. The number of carboxylic acid groups (broad SMARTS) is 1. The number of carbonyl (C=O) groups is 1. The van der Waals surface area contributed by atoms with E-state index in [1.54, 1.807) is 25.1 Å². The van der Waals surface area contributed by atoms with E-state index in [0.717, 1.165) is 4.47 Å². The maximum absolute atomic E-state index is 11.3. The molecular weight excluding hydrogens is 321 g/mol. The molecule has 0 fully saturated rings. The Morgan fingerprint density at radius 2 is 2.28 bits per heavy atom. The highest BCUT2D eigenvalue weighted by molar-refractivity contribution is 9.10. The van der Waals surface area contributed by atoms with Crippen LogP contribution in [0, 0.1) is 0 Å². The SMILES string of the molecule is CCc1onc(-c2ccc(Br)cc2Cl)c1C(=O)O. The molecule has 1 heterocycles. The molecule has 0 bridgehead atoms. The third-order valence-corrected chi connectivity index (χ3v) is 3.29. The molecule has 0 aliphatic rings. The highest BCUT2D eigenvalue weighted by Gasteiger charge is 2.23. The van der Waals surface area contributed by atoms with E-state index in [1.165, 1.54) is 0 Å². The first-order valence-corrected chi connectivity index (χ1v) is 6.39. The van der Waals surface area contributed by atoms with Gasteiger partial charge >= 0.3 is 5.97 Å². The molecule has 18 heavy (non-hydrogen) atoms. The summed E-state index contributed by atoms with van der Waals surface area (Å²) in [5.41, 5.74) is 0.874. The summed E-state index contributed by atoms with van der Waals surface area (Å²) in [6.07, 6.45) is 0.461. The zero-order chi connectivity index (χ0) is 13.3. The number of rotatable bonds is 3. The molecule has 0 saturated carbocycles. The number of nitrogens with zero attached hydrogens (tertiary/aromatic N) is 1. The minimum atomic E-state index is -1.07. The van der Waals surface area contributed by atoms with Crippen molar-refractivity contribution in [1.82, 2.24) is 5.16 Å². The molecule has 6 heteroatoms. The fraction of sp³-hybridized carbons (Fsp3) is 0.167. The van der Waals surface area contributed by atoms with E-state index in [2.05, 4.69) is 21.1 Å². The minimum absolute atomic E-state index is 0.0710. The number of benzene rings is 1. The molecule has 4 nitrogen and oxygen atoms in total. The Labute approximate surface area is 117 Å². The van der Waals surface area contributed by atoms with Gasteiger partial charge in [-0.15, -0.1) is 0 Å². The Balaban J connectivity index is 2.64. The van der Waals surface area contributed by atoms with Gasteiger partial charge in [-0.1, -0.05) is 45.7 Å². The van der Waals surface area contributed by atoms with Gasteiger partial charge in [0.1, 0.15) is 11.3 Å². The molecule has 1 aromatic carbocycles. The molecule has 0 atom stereocenters. The molecule has 1 aromatic heterocycles. The van der Waals surface area contributed by atoms with E-state index in [4.69, 9.17) is 16.1 Å². The van der Waals surface area contributed by atoms with E-state index < -0.39 is 5.97 Å². The van der Waals surface area contributed by atoms with Crippen molar-refractivity contribution in [3.05, 3.63) is 39.0 Å². The number of aromatic nitrogens is 1. The maximum atomic E-state index is 11.3. The molecule has 0 spiro atoms. The Kier molecular flexibility index (Phi) is 3.73. The van der Waals surface area contributed by atoms with Crippen molar-refractivity contribution in [2.45, 2.75) is 13.3 Å². The van der Waals surface area contributed by atoms with Crippen LogP contribution in [0.5, 0.6) is 0 Å². The van der Waals surface area contributed by atoms with Crippen molar-refractivity contribution in [2.24, 2.45) is 0 Å². The van der Waals surface area contributed by atoms with Crippen molar-refractivity contribution in [3.63, 3.8) is 0 Å². The second-order valence-electron chi connectivity index (χ2n) is 3.61. The fourth-order valence-corrected chi connectivity index (χ4v) is 2.41. The van der Waals surface area contributed by atoms with Gasteiger partial charge in [0, 0.05) is 16.5 Å². The third kappa shape index (κ3) is 2.28. The van der Waals surface area contributed by atoms with Crippen LogP contribution in [0.2, 0.25) is 5.02 Å². The predicted octanol–water partition coefficient (Wildman–Crippen LogP) is 4.02. The van der Waals surface area contributed by atoms with Gasteiger partial charge in [0.2, 0.25) is 0 Å². The summed E-state index contributed by atoms with van der Waals surface area (Å²) < 4.78 is 5.86. The summed E-state index contributed by atoms with van der Waals surface area (Å²) >= 11 is 9.38. The van der Waals surface area contributed by atoms with E-state index in [1.807, 2.05) is 0 Å². The first-order valence-electron chi connectivity index (χ1n) is 5.21. The van der Waals surface area contributed by atoms with Crippen LogP contribution in [-0.4, -0.2) is 16.2 Å². The highest BCUT2D eigenvalue weighted by Crippen LogP contribution is 2.33. The Bertz CT molecular complexity index is 609. The molecule has 0 unspecified atom stereocenters. The lowest BCUT2D eigenvalue weighted by atomic mass is 10.1. The van der Waals surface area contributed by atoms with Crippen LogP contribution < -0.4 is 0 Å². The number of aromatic carboxylic acids is 1. The number of halogens is 2. The van der Waals surface area contributed by atoms with Crippen molar-refractivity contribution in [3.8, 4) is 11.3 Å². The molecule has 0 radical (unpaired) electrons. The quantitative estimate of drug-likeness (QED) is 0.923. The smallest absolute Gasteiger partial charge is 0.341 e. The number of hydrogen-bond donors (Lipinski definition) is 1. The van der Waals surface area contributed by atoms with Crippen LogP contribution in [0.3, 0.4) is 0 Å². The topological polar surface area (TPSA) is 63.3 Å². The first-order chi connectivity index (χ1) is 8.54. The van der Waals surface area contributed by atoms with Gasteiger partial charge in [0.05, 0.1) is 5.02 Å². The minimum Gasteiger partial charge on any atom is -0.477 e. The van der Waals surface area contributed by atoms with E-state index >= 15 is 0 Å². The first kappa shape index (κ1) is 13.1. The van der Waals surface area contributed by atoms with Crippen LogP contribution in [0.15, 0.2) is 27.2 Å². The zero-order valence-electron chi connectivity index (χ0n) is 9.41. The van der Waals surface area contributed by atoms with Crippen LogP contribution >= 0.6 is 27.5 Å². The molecule has 2 rings (SSSR count). The Morgan fingerprint density at radius 3 is 2.83 bits per heavy atom. The summed E-state index contributed by atoms with van der Waals surface area (Å²) in [5.74, 6) is -0.724. The van der Waals surface area contributed by atoms with Gasteiger partial charge in [0.15, 0.2) is 5.76 Å². The van der Waals surface area contributed by atoms with E-state index in [-0.39, 0.29) is 11.3 Å². The molecule has 2 aromatic rings. The lowest BCUT2D eigenvalue weighted by Crippen LogP contribution is -2.01. The van der Waals surface area contributed by atoms with Crippen molar-refractivity contribution in [1.29, 1.82) is 0 Å². The van der Waals surface area contributed by atoms with Crippen LogP contribution in [0.1, 0.15) is 23.0 Å². The zero-order valence-corrected chi connectivity index (χ0v) is 11.7. The van der Waals surface area contributed by atoms with Gasteiger partial charge in [-0.3, -0.25) is 0 Å². The summed E-state index contributed by atoms with van der Waals surface area (Å²) in [5, 5.41) is 13.5. The molecule has 94 valence electrons. The van der Waals surface area contributed by atoms with Gasteiger partial charge in [-0.05, 0) is 12.1 Å². The fourth-order valence-electron chi connectivity index (χ4n) is 1.65. The van der Waals surface area contributed by atoms with Crippen LogP contribution in [0.25, 0.3) is 11.3 Å². The Morgan fingerprint density at radius 1 is 1.56 bits per heavy atom. The summed E-state index contributed by atoms with van der Waals surface area (Å²) in [6, 6.07) is 5.16. The van der Waals surface area contributed by atoms with Crippen LogP contribution in [-0.2, 0) is 6.42 Å².